The van der Waals surface area contributed by atoms with Crippen molar-refractivity contribution in [1.82, 2.24) is 4.90 Å². The van der Waals surface area contributed by atoms with Crippen LogP contribution in [0.5, 0.6) is 0 Å². The van der Waals surface area contributed by atoms with E-state index in [2.05, 4.69) is 0 Å². The maximum atomic E-state index is 12.2. The number of likely N-dealkylation sites (tertiary alicyclic amines) is 1. The molecule has 1 fully saturated rings. The molecule has 1 aliphatic heterocycles. The highest BCUT2D eigenvalue weighted by Crippen LogP contribution is 2.17. The predicted octanol–water partition coefficient (Wildman–Crippen LogP) is 2.06. The zero-order valence-corrected chi connectivity index (χ0v) is 10.8. The maximum absolute atomic E-state index is 12.2. The zero-order valence-electron chi connectivity index (χ0n) is 10.8. The van der Waals surface area contributed by atoms with Crippen molar-refractivity contribution in [3.63, 3.8) is 0 Å². The Morgan fingerprint density at radius 1 is 1.33 bits per heavy atom. The first-order valence-corrected chi connectivity index (χ1v) is 6.55. The quantitative estimate of drug-likeness (QED) is 0.817. The first kappa shape index (κ1) is 12.8. The molecule has 0 bridgehead atoms. The molecule has 1 heterocycles. The van der Waals surface area contributed by atoms with Crippen LogP contribution in [0.1, 0.15) is 25.3 Å². The summed E-state index contributed by atoms with van der Waals surface area (Å²) in [5, 5.41) is 0. The molecule has 1 saturated heterocycles. The highest BCUT2D eigenvalue weighted by Gasteiger charge is 2.28. The van der Waals surface area contributed by atoms with E-state index >= 15 is 0 Å². The maximum Gasteiger partial charge on any atom is 0.227 e. The number of benzene rings is 1. The summed E-state index contributed by atoms with van der Waals surface area (Å²) in [5.74, 6) is 0.479. The Morgan fingerprint density at radius 3 is 2.72 bits per heavy atom. The van der Waals surface area contributed by atoms with E-state index in [9.17, 15) is 9.59 Å². The van der Waals surface area contributed by atoms with Gasteiger partial charge in [-0.1, -0.05) is 37.3 Å². The predicted molar refractivity (Wildman–Crippen MR) is 70.1 cm³/mol. The summed E-state index contributed by atoms with van der Waals surface area (Å²) in [5.41, 5.74) is 1.03. The molecule has 3 nitrogen and oxygen atoms in total. The molecule has 0 aromatic heterocycles. The van der Waals surface area contributed by atoms with Crippen LogP contribution in [0.15, 0.2) is 30.3 Å². The van der Waals surface area contributed by atoms with Gasteiger partial charge in [0.25, 0.3) is 0 Å². The number of hydrogen-bond donors (Lipinski definition) is 0. The van der Waals surface area contributed by atoms with Gasteiger partial charge in [-0.25, -0.2) is 0 Å². The fraction of sp³-hybridized carbons (Fsp3) is 0.467. The summed E-state index contributed by atoms with van der Waals surface area (Å²) in [7, 11) is 0. The van der Waals surface area contributed by atoms with Gasteiger partial charge in [-0.3, -0.25) is 9.59 Å². The Balaban J connectivity index is 1.96. The SMILES string of the molecule is CCC1CN(C(=O)Cc2ccccc2)CCC1=O. The summed E-state index contributed by atoms with van der Waals surface area (Å²) in [4.78, 5) is 25.6. The van der Waals surface area contributed by atoms with Crippen LogP contribution in [0.4, 0.5) is 0 Å². The van der Waals surface area contributed by atoms with Crippen molar-refractivity contribution >= 4 is 11.7 Å². The molecule has 18 heavy (non-hydrogen) atoms. The Hall–Kier alpha value is -1.64. The highest BCUT2D eigenvalue weighted by molar-refractivity contribution is 5.85. The topological polar surface area (TPSA) is 37.4 Å². The number of carbonyl (C=O) groups excluding carboxylic acids is 2. The van der Waals surface area contributed by atoms with E-state index in [0.717, 1.165) is 12.0 Å². The van der Waals surface area contributed by atoms with Crippen LogP contribution in [0.2, 0.25) is 0 Å². The molecule has 1 aromatic rings. The van der Waals surface area contributed by atoms with E-state index in [-0.39, 0.29) is 11.8 Å². The second kappa shape index (κ2) is 5.80. The van der Waals surface area contributed by atoms with Crippen molar-refractivity contribution in [1.29, 1.82) is 0 Å². The van der Waals surface area contributed by atoms with Gasteiger partial charge in [0, 0.05) is 25.4 Å². The summed E-state index contributed by atoms with van der Waals surface area (Å²) in [6, 6.07) is 9.75. The van der Waals surface area contributed by atoms with Gasteiger partial charge in [0.15, 0.2) is 0 Å². The fourth-order valence-electron chi connectivity index (χ4n) is 2.37. The van der Waals surface area contributed by atoms with Gasteiger partial charge in [0.1, 0.15) is 5.78 Å². The lowest BCUT2D eigenvalue weighted by Gasteiger charge is -2.31. The fourth-order valence-corrected chi connectivity index (χ4v) is 2.37. The van der Waals surface area contributed by atoms with E-state index in [4.69, 9.17) is 0 Å². The first-order chi connectivity index (χ1) is 8.70. The average molecular weight is 245 g/mol. The number of hydrogen-bond acceptors (Lipinski definition) is 2. The van der Waals surface area contributed by atoms with Crippen LogP contribution in [-0.4, -0.2) is 29.7 Å². The van der Waals surface area contributed by atoms with Crippen molar-refractivity contribution in [2.75, 3.05) is 13.1 Å². The van der Waals surface area contributed by atoms with Crippen molar-refractivity contribution in [3.8, 4) is 0 Å². The number of ketones is 1. The van der Waals surface area contributed by atoms with Crippen molar-refractivity contribution < 1.29 is 9.59 Å². The summed E-state index contributed by atoms with van der Waals surface area (Å²) in [6.45, 7) is 3.19. The van der Waals surface area contributed by atoms with Crippen LogP contribution >= 0.6 is 0 Å². The third-order valence-electron chi connectivity index (χ3n) is 3.57. The van der Waals surface area contributed by atoms with Crippen LogP contribution in [-0.2, 0) is 16.0 Å². The molecule has 1 unspecified atom stereocenters. The molecule has 0 spiro atoms. The van der Waals surface area contributed by atoms with Gasteiger partial charge in [0.2, 0.25) is 5.91 Å². The van der Waals surface area contributed by atoms with Crippen LogP contribution in [0.3, 0.4) is 0 Å². The Morgan fingerprint density at radius 2 is 2.06 bits per heavy atom. The number of carbonyl (C=O) groups is 2. The lowest BCUT2D eigenvalue weighted by Crippen LogP contribution is -2.44. The Labute approximate surface area is 108 Å². The Kier molecular flexibility index (Phi) is 4.13. The van der Waals surface area contributed by atoms with Gasteiger partial charge in [-0.15, -0.1) is 0 Å². The third kappa shape index (κ3) is 2.97. The van der Waals surface area contributed by atoms with E-state index in [1.165, 1.54) is 0 Å². The molecular formula is C15H19NO2. The first-order valence-electron chi connectivity index (χ1n) is 6.55. The lowest BCUT2D eigenvalue weighted by molar-refractivity contribution is -0.136. The molecule has 0 N–H and O–H groups in total. The minimum atomic E-state index is 0.0403. The Bertz CT molecular complexity index is 427. The molecule has 2 rings (SSSR count). The summed E-state index contributed by atoms with van der Waals surface area (Å²) >= 11 is 0. The molecular weight excluding hydrogens is 226 g/mol. The molecule has 0 saturated carbocycles. The lowest BCUT2D eigenvalue weighted by atomic mass is 9.94. The largest absolute Gasteiger partial charge is 0.341 e. The standard InChI is InChI=1S/C15H19NO2/c1-2-13-11-16(9-8-14(13)17)15(18)10-12-6-4-3-5-7-12/h3-7,13H,2,8-11H2,1H3. The second-order valence-corrected chi connectivity index (χ2v) is 4.82. The molecule has 0 radical (unpaired) electrons. The molecule has 1 amide bonds. The molecule has 0 aliphatic carbocycles. The number of rotatable bonds is 3. The van der Waals surface area contributed by atoms with Gasteiger partial charge in [-0.2, -0.15) is 0 Å². The highest BCUT2D eigenvalue weighted by atomic mass is 16.2. The number of piperidine rings is 1. The molecule has 1 aromatic carbocycles. The zero-order chi connectivity index (χ0) is 13.0. The number of amides is 1. The summed E-state index contributed by atoms with van der Waals surface area (Å²) < 4.78 is 0. The molecule has 96 valence electrons. The normalized spacial score (nSPS) is 19.9. The van der Waals surface area contributed by atoms with Crippen LogP contribution in [0, 0.1) is 5.92 Å². The van der Waals surface area contributed by atoms with Crippen molar-refractivity contribution in [2.24, 2.45) is 5.92 Å². The number of Topliss-reactive ketones (excluding diaryl/α,β-unsaturated/α-hetero) is 1. The van der Waals surface area contributed by atoms with Crippen LogP contribution in [0.25, 0.3) is 0 Å². The van der Waals surface area contributed by atoms with Gasteiger partial charge < -0.3 is 4.90 Å². The van der Waals surface area contributed by atoms with Gasteiger partial charge >= 0.3 is 0 Å². The molecule has 1 aliphatic rings. The van der Waals surface area contributed by atoms with Gasteiger partial charge in [-0.05, 0) is 12.0 Å². The minimum absolute atomic E-state index is 0.0403. The smallest absolute Gasteiger partial charge is 0.227 e. The molecule has 3 heteroatoms. The van der Waals surface area contributed by atoms with Crippen molar-refractivity contribution in [3.05, 3.63) is 35.9 Å². The van der Waals surface area contributed by atoms with E-state index in [1.54, 1.807) is 0 Å². The summed E-state index contributed by atoms with van der Waals surface area (Å²) in [6.07, 6.45) is 1.78. The van der Waals surface area contributed by atoms with Crippen molar-refractivity contribution in [2.45, 2.75) is 26.2 Å². The van der Waals surface area contributed by atoms with E-state index in [0.29, 0.717) is 31.7 Å². The second-order valence-electron chi connectivity index (χ2n) is 4.82. The van der Waals surface area contributed by atoms with Gasteiger partial charge in [0.05, 0.1) is 6.42 Å². The number of nitrogens with zero attached hydrogens (tertiary/aromatic N) is 1. The minimum Gasteiger partial charge on any atom is -0.341 e. The van der Waals surface area contributed by atoms with Crippen LogP contribution < -0.4 is 0 Å². The van der Waals surface area contributed by atoms with E-state index in [1.807, 2.05) is 42.2 Å². The molecule has 1 atom stereocenters. The average Bonchev–Trinajstić information content (AvgIpc) is 2.40. The van der Waals surface area contributed by atoms with E-state index < -0.39 is 0 Å². The monoisotopic (exact) mass is 245 g/mol. The third-order valence-corrected chi connectivity index (χ3v) is 3.57.